The predicted octanol–water partition coefficient (Wildman–Crippen LogP) is 6.97. The second-order valence-corrected chi connectivity index (χ2v) is 15.1. The van der Waals surface area contributed by atoms with Gasteiger partial charge in [0.2, 0.25) is 11.8 Å². The summed E-state index contributed by atoms with van der Waals surface area (Å²) in [4.78, 5) is 30.4. The molecule has 1 N–H and O–H groups in total. The second-order valence-electron chi connectivity index (χ2n) is 12.3. The maximum atomic E-state index is 14.7. The number of halogens is 1. The van der Waals surface area contributed by atoms with Crippen molar-refractivity contribution in [1.82, 2.24) is 10.2 Å². The molecule has 10 heteroatoms. The van der Waals surface area contributed by atoms with Crippen molar-refractivity contribution in [3.63, 3.8) is 0 Å². The Morgan fingerprint density at radius 2 is 1.50 bits per heavy atom. The summed E-state index contributed by atoms with van der Waals surface area (Å²) < 4.78 is 35.6. The topological polar surface area (TPSA) is 96.0 Å². The molecule has 0 unspecified atom stereocenters. The van der Waals surface area contributed by atoms with E-state index in [1.54, 1.807) is 23.1 Å². The molecule has 1 saturated carbocycles. The van der Waals surface area contributed by atoms with E-state index in [2.05, 4.69) is 21.2 Å². The highest BCUT2D eigenvalue weighted by Crippen LogP contribution is 2.31. The van der Waals surface area contributed by atoms with Crippen molar-refractivity contribution in [3.8, 4) is 5.75 Å². The third kappa shape index (κ3) is 8.65. The first-order chi connectivity index (χ1) is 23.0. The highest BCUT2D eigenvalue weighted by Gasteiger charge is 2.35. The van der Waals surface area contributed by atoms with Gasteiger partial charge in [0.05, 0.1) is 22.2 Å². The van der Waals surface area contributed by atoms with Crippen molar-refractivity contribution < 1.29 is 22.7 Å². The summed E-state index contributed by atoms with van der Waals surface area (Å²) >= 11 is 3.41. The number of anilines is 1. The van der Waals surface area contributed by atoms with Gasteiger partial charge in [0, 0.05) is 19.0 Å². The summed E-state index contributed by atoms with van der Waals surface area (Å²) in [6.07, 6.45) is 4.16. The molecular weight excluding hydrogens is 690 g/mol. The molecule has 5 rings (SSSR count). The van der Waals surface area contributed by atoms with Crippen LogP contribution in [0.2, 0.25) is 0 Å². The van der Waals surface area contributed by atoms with Gasteiger partial charge >= 0.3 is 0 Å². The third-order valence-electron chi connectivity index (χ3n) is 8.76. The van der Waals surface area contributed by atoms with E-state index in [1.165, 1.54) is 19.2 Å². The van der Waals surface area contributed by atoms with Crippen LogP contribution in [0.15, 0.2) is 106 Å². The molecule has 252 valence electrons. The summed E-state index contributed by atoms with van der Waals surface area (Å²) in [5, 5.41) is 3.21. The van der Waals surface area contributed by atoms with Gasteiger partial charge in [0.1, 0.15) is 18.3 Å². The number of hydrogen-bond donors (Lipinski definition) is 1. The molecule has 0 aliphatic heterocycles. The Hall–Kier alpha value is -4.15. The van der Waals surface area contributed by atoms with E-state index in [1.807, 2.05) is 80.6 Å². The Balaban J connectivity index is 1.57. The minimum absolute atomic E-state index is 0.00607. The zero-order chi connectivity index (χ0) is 34.3. The van der Waals surface area contributed by atoms with E-state index in [-0.39, 0.29) is 29.8 Å². The Bertz CT molecular complexity index is 1810. The van der Waals surface area contributed by atoms with Gasteiger partial charge in [-0.15, -0.1) is 0 Å². The molecule has 8 nitrogen and oxygen atoms in total. The summed E-state index contributed by atoms with van der Waals surface area (Å²) in [5.74, 6) is -0.252. The number of nitrogens with zero attached hydrogens (tertiary/aromatic N) is 2. The Morgan fingerprint density at radius 1 is 0.875 bits per heavy atom. The highest BCUT2D eigenvalue weighted by molar-refractivity contribution is 9.10. The molecule has 1 aliphatic carbocycles. The van der Waals surface area contributed by atoms with Crippen LogP contribution in [0.1, 0.15) is 47.9 Å². The van der Waals surface area contributed by atoms with Gasteiger partial charge in [-0.1, -0.05) is 90.7 Å². The fourth-order valence-electron chi connectivity index (χ4n) is 5.99. The van der Waals surface area contributed by atoms with Crippen LogP contribution in [-0.2, 0) is 32.6 Å². The molecule has 4 aromatic rings. The minimum Gasteiger partial charge on any atom is -0.496 e. The number of amides is 2. The van der Waals surface area contributed by atoms with Gasteiger partial charge in [-0.25, -0.2) is 8.42 Å². The number of carbonyl (C=O) groups excluding carboxylic acids is 2. The van der Waals surface area contributed by atoms with E-state index in [4.69, 9.17) is 4.74 Å². The summed E-state index contributed by atoms with van der Waals surface area (Å²) in [6, 6.07) is 28.1. The summed E-state index contributed by atoms with van der Waals surface area (Å²) in [6.45, 7) is 3.52. The Morgan fingerprint density at radius 3 is 2.10 bits per heavy atom. The van der Waals surface area contributed by atoms with Crippen LogP contribution in [0.25, 0.3) is 0 Å². The van der Waals surface area contributed by atoms with E-state index >= 15 is 0 Å². The highest BCUT2D eigenvalue weighted by atomic mass is 79.9. The smallest absolute Gasteiger partial charge is 0.264 e. The lowest BCUT2D eigenvalue weighted by Crippen LogP contribution is -2.54. The summed E-state index contributed by atoms with van der Waals surface area (Å²) in [5.41, 5.74) is 4.09. The van der Waals surface area contributed by atoms with Crippen molar-refractivity contribution in [2.75, 3.05) is 18.0 Å². The average molecular weight is 733 g/mol. The molecule has 1 aliphatic rings. The maximum Gasteiger partial charge on any atom is 0.264 e. The Kier molecular flexibility index (Phi) is 11.6. The van der Waals surface area contributed by atoms with Gasteiger partial charge in [0.15, 0.2) is 0 Å². The number of rotatable bonds is 13. The quantitative estimate of drug-likeness (QED) is 0.160. The standard InChI is InChI=1S/C38H42BrN3O5S/c1-27-13-17-30(18-14-27)25-41(35(23-29-9-5-4-6-10-29)38(44)40-31-11-7-8-12-31)37(43)26-42(32-19-15-28(2)16-20-32)48(45,46)33-21-22-36(47-3)34(39)24-33/h4-6,9-10,13-22,24,31,35H,7-8,11-12,23,25-26H2,1-3H3,(H,40,44)/t35-/m0/s1. The van der Waals surface area contributed by atoms with Crippen LogP contribution in [0.3, 0.4) is 0 Å². The molecule has 0 heterocycles. The molecule has 0 bridgehead atoms. The second kappa shape index (κ2) is 15.8. The van der Waals surface area contributed by atoms with E-state index in [0.29, 0.717) is 15.9 Å². The molecular formula is C38H42BrN3O5S. The number of ether oxygens (including phenoxy) is 1. The van der Waals surface area contributed by atoms with Crippen molar-refractivity contribution >= 4 is 43.5 Å². The number of benzene rings is 4. The van der Waals surface area contributed by atoms with Crippen LogP contribution in [-0.4, -0.2) is 50.9 Å². The van der Waals surface area contributed by atoms with Crippen LogP contribution in [0.5, 0.6) is 5.75 Å². The van der Waals surface area contributed by atoms with Crippen molar-refractivity contribution in [1.29, 1.82) is 0 Å². The molecule has 2 amide bonds. The number of nitrogens with one attached hydrogen (secondary N) is 1. The van der Waals surface area contributed by atoms with Gasteiger partial charge in [-0.2, -0.15) is 0 Å². The van der Waals surface area contributed by atoms with Gasteiger partial charge in [-0.05, 0) is 84.1 Å². The maximum absolute atomic E-state index is 14.7. The summed E-state index contributed by atoms with van der Waals surface area (Å²) in [7, 11) is -2.74. The molecule has 1 fully saturated rings. The number of methoxy groups -OCH3 is 1. The monoisotopic (exact) mass is 731 g/mol. The van der Waals surface area contributed by atoms with E-state index < -0.39 is 28.5 Å². The van der Waals surface area contributed by atoms with Gasteiger partial charge in [0.25, 0.3) is 10.0 Å². The van der Waals surface area contributed by atoms with E-state index in [9.17, 15) is 18.0 Å². The lowest BCUT2D eigenvalue weighted by Gasteiger charge is -2.34. The average Bonchev–Trinajstić information content (AvgIpc) is 3.60. The lowest BCUT2D eigenvalue weighted by molar-refractivity contribution is -0.140. The fraction of sp³-hybridized carbons (Fsp3) is 0.316. The van der Waals surface area contributed by atoms with E-state index in [0.717, 1.165) is 52.2 Å². The first-order valence-corrected chi connectivity index (χ1v) is 18.4. The predicted molar refractivity (Wildman–Crippen MR) is 192 cm³/mol. The van der Waals surface area contributed by atoms with Crippen LogP contribution in [0.4, 0.5) is 5.69 Å². The van der Waals surface area contributed by atoms with Gasteiger partial charge < -0.3 is 15.0 Å². The molecule has 48 heavy (non-hydrogen) atoms. The number of hydrogen-bond acceptors (Lipinski definition) is 5. The number of aryl methyl sites for hydroxylation is 2. The van der Waals surface area contributed by atoms with Crippen LogP contribution < -0.4 is 14.4 Å². The van der Waals surface area contributed by atoms with Crippen molar-refractivity contribution in [3.05, 3.63) is 124 Å². The molecule has 0 aromatic heterocycles. The Labute approximate surface area is 292 Å². The largest absolute Gasteiger partial charge is 0.496 e. The van der Waals surface area contributed by atoms with Crippen LogP contribution in [0, 0.1) is 13.8 Å². The first-order valence-electron chi connectivity index (χ1n) is 16.2. The van der Waals surface area contributed by atoms with Crippen molar-refractivity contribution in [2.24, 2.45) is 0 Å². The molecule has 4 aromatic carbocycles. The third-order valence-corrected chi connectivity index (χ3v) is 11.1. The zero-order valence-corrected chi connectivity index (χ0v) is 30.0. The fourth-order valence-corrected chi connectivity index (χ4v) is 8.12. The number of sulfonamides is 1. The molecule has 0 radical (unpaired) electrons. The first kappa shape index (κ1) is 35.2. The van der Waals surface area contributed by atoms with Gasteiger partial charge in [-0.3, -0.25) is 13.9 Å². The minimum atomic E-state index is -4.25. The lowest BCUT2D eigenvalue weighted by atomic mass is 10.0. The van der Waals surface area contributed by atoms with Crippen molar-refractivity contribution in [2.45, 2.75) is 69.5 Å². The SMILES string of the molecule is COc1ccc(S(=O)(=O)N(CC(=O)N(Cc2ccc(C)cc2)[C@@H](Cc2ccccc2)C(=O)NC2CCCC2)c2ccc(C)cc2)cc1Br. The molecule has 0 saturated heterocycles. The number of carbonyl (C=O) groups is 2. The molecule has 0 spiro atoms. The zero-order valence-electron chi connectivity index (χ0n) is 27.6. The normalized spacial score (nSPS) is 13.9. The molecule has 1 atom stereocenters. The van der Waals surface area contributed by atoms with Crippen LogP contribution >= 0.6 is 15.9 Å².